The van der Waals surface area contributed by atoms with E-state index in [1.165, 1.54) is 5.56 Å². The Morgan fingerprint density at radius 3 is 2.70 bits per heavy atom. The fourth-order valence-electron chi connectivity index (χ4n) is 3.52. The van der Waals surface area contributed by atoms with Crippen LogP contribution in [0.5, 0.6) is 0 Å². The molecule has 122 valence electrons. The molecule has 0 spiro atoms. The van der Waals surface area contributed by atoms with E-state index in [0.29, 0.717) is 0 Å². The molecular weight excluding hydrogens is 286 g/mol. The number of carbonyl (C=O) groups is 1. The summed E-state index contributed by atoms with van der Waals surface area (Å²) in [5.74, 6) is 0.0401. The standard InChI is InChI=1S/C19H25N3O/c1-13-11-18(19(23)21-17-9-10-20-12-17)15(3)22(13)14(2)16-7-5-4-6-8-16/h4-8,11,14,17,20H,9-10,12H2,1-3H3,(H,21,23). The molecule has 2 N–H and O–H groups in total. The van der Waals surface area contributed by atoms with Gasteiger partial charge in [-0.05, 0) is 45.4 Å². The van der Waals surface area contributed by atoms with E-state index in [-0.39, 0.29) is 18.0 Å². The summed E-state index contributed by atoms with van der Waals surface area (Å²) in [7, 11) is 0. The third-order valence-electron chi connectivity index (χ3n) is 4.79. The molecule has 4 nitrogen and oxygen atoms in total. The lowest BCUT2D eigenvalue weighted by Crippen LogP contribution is -2.36. The lowest BCUT2D eigenvalue weighted by Gasteiger charge is -2.19. The van der Waals surface area contributed by atoms with Gasteiger partial charge in [0, 0.05) is 24.0 Å². The van der Waals surface area contributed by atoms with Crippen molar-refractivity contribution in [2.75, 3.05) is 13.1 Å². The molecule has 0 saturated carbocycles. The van der Waals surface area contributed by atoms with Crippen molar-refractivity contribution in [1.29, 1.82) is 0 Å². The van der Waals surface area contributed by atoms with E-state index in [1.54, 1.807) is 0 Å². The van der Waals surface area contributed by atoms with Gasteiger partial charge in [0.2, 0.25) is 0 Å². The van der Waals surface area contributed by atoms with Gasteiger partial charge in [0.05, 0.1) is 11.6 Å². The molecule has 1 aromatic heterocycles. The molecule has 0 bridgehead atoms. The van der Waals surface area contributed by atoms with Gasteiger partial charge in [-0.2, -0.15) is 0 Å². The summed E-state index contributed by atoms with van der Waals surface area (Å²) < 4.78 is 2.25. The Balaban J connectivity index is 1.85. The number of carbonyl (C=O) groups excluding carboxylic acids is 1. The van der Waals surface area contributed by atoms with Gasteiger partial charge in [0.15, 0.2) is 0 Å². The Hall–Kier alpha value is -2.07. The number of rotatable bonds is 4. The van der Waals surface area contributed by atoms with Crippen molar-refractivity contribution in [3.8, 4) is 0 Å². The predicted molar refractivity (Wildman–Crippen MR) is 92.9 cm³/mol. The average Bonchev–Trinajstić information content (AvgIpc) is 3.15. The molecule has 23 heavy (non-hydrogen) atoms. The monoisotopic (exact) mass is 311 g/mol. The number of aromatic nitrogens is 1. The summed E-state index contributed by atoms with van der Waals surface area (Å²) in [5, 5.41) is 6.42. The molecule has 2 unspecified atom stereocenters. The Morgan fingerprint density at radius 1 is 1.30 bits per heavy atom. The fraction of sp³-hybridized carbons (Fsp3) is 0.421. The maximum atomic E-state index is 12.6. The van der Waals surface area contributed by atoms with Crippen LogP contribution in [0.3, 0.4) is 0 Å². The maximum Gasteiger partial charge on any atom is 0.253 e. The minimum Gasteiger partial charge on any atom is -0.348 e. The first kappa shape index (κ1) is 15.8. The van der Waals surface area contributed by atoms with Crippen LogP contribution in [0.15, 0.2) is 36.4 Å². The first-order chi connectivity index (χ1) is 11.1. The fourth-order valence-corrected chi connectivity index (χ4v) is 3.52. The Kier molecular flexibility index (Phi) is 4.53. The second kappa shape index (κ2) is 6.59. The van der Waals surface area contributed by atoms with Gasteiger partial charge < -0.3 is 15.2 Å². The second-order valence-electron chi connectivity index (χ2n) is 6.40. The van der Waals surface area contributed by atoms with E-state index in [4.69, 9.17) is 0 Å². The van der Waals surface area contributed by atoms with Crippen molar-refractivity contribution in [1.82, 2.24) is 15.2 Å². The number of nitrogens with one attached hydrogen (secondary N) is 2. The molecule has 0 aliphatic carbocycles. The van der Waals surface area contributed by atoms with Crippen LogP contribution in [0.1, 0.15) is 46.7 Å². The first-order valence-electron chi connectivity index (χ1n) is 8.33. The molecule has 3 rings (SSSR count). The van der Waals surface area contributed by atoms with Crippen molar-refractivity contribution < 1.29 is 4.79 Å². The summed E-state index contributed by atoms with van der Waals surface area (Å²) in [4.78, 5) is 12.6. The highest BCUT2D eigenvalue weighted by molar-refractivity contribution is 5.96. The third kappa shape index (κ3) is 3.17. The Labute approximate surface area is 137 Å². The van der Waals surface area contributed by atoms with E-state index in [1.807, 2.05) is 19.1 Å². The lowest BCUT2D eigenvalue weighted by atomic mass is 10.1. The van der Waals surface area contributed by atoms with Crippen LogP contribution in [0.25, 0.3) is 0 Å². The molecule has 0 radical (unpaired) electrons. The van der Waals surface area contributed by atoms with E-state index >= 15 is 0 Å². The lowest BCUT2D eigenvalue weighted by molar-refractivity contribution is 0.0939. The van der Waals surface area contributed by atoms with Crippen LogP contribution in [0, 0.1) is 13.8 Å². The summed E-state index contributed by atoms with van der Waals surface area (Å²) in [5.41, 5.74) is 4.19. The maximum absolute atomic E-state index is 12.6. The molecule has 1 aromatic carbocycles. The summed E-state index contributed by atoms with van der Waals surface area (Å²) in [6, 6.07) is 12.9. The van der Waals surface area contributed by atoms with Gasteiger partial charge in [0.1, 0.15) is 0 Å². The van der Waals surface area contributed by atoms with E-state index in [0.717, 1.165) is 36.5 Å². The molecule has 2 atom stereocenters. The third-order valence-corrected chi connectivity index (χ3v) is 4.79. The number of nitrogens with zero attached hydrogens (tertiary/aromatic N) is 1. The van der Waals surface area contributed by atoms with Crippen molar-refractivity contribution in [3.63, 3.8) is 0 Å². The summed E-state index contributed by atoms with van der Waals surface area (Å²) in [6.45, 7) is 8.13. The van der Waals surface area contributed by atoms with Crippen LogP contribution < -0.4 is 10.6 Å². The van der Waals surface area contributed by atoms with Crippen LogP contribution >= 0.6 is 0 Å². The zero-order valence-corrected chi connectivity index (χ0v) is 14.1. The minimum atomic E-state index is 0.0401. The van der Waals surface area contributed by atoms with Crippen molar-refractivity contribution in [2.45, 2.75) is 39.3 Å². The molecule has 1 saturated heterocycles. The molecule has 1 amide bonds. The van der Waals surface area contributed by atoms with Crippen LogP contribution in [-0.4, -0.2) is 29.6 Å². The van der Waals surface area contributed by atoms with Gasteiger partial charge >= 0.3 is 0 Å². The van der Waals surface area contributed by atoms with Crippen LogP contribution in [-0.2, 0) is 0 Å². The van der Waals surface area contributed by atoms with Gasteiger partial charge in [-0.25, -0.2) is 0 Å². The molecule has 2 aromatic rings. The van der Waals surface area contributed by atoms with Crippen LogP contribution in [0.4, 0.5) is 0 Å². The number of aryl methyl sites for hydroxylation is 1. The largest absolute Gasteiger partial charge is 0.348 e. The Morgan fingerprint density at radius 2 is 2.04 bits per heavy atom. The minimum absolute atomic E-state index is 0.0401. The van der Waals surface area contributed by atoms with Crippen molar-refractivity contribution in [2.24, 2.45) is 0 Å². The molecule has 1 aliphatic heterocycles. The molecule has 4 heteroatoms. The highest BCUT2D eigenvalue weighted by Gasteiger charge is 2.22. The topological polar surface area (TPSA) is 46.1 Å². The van der Waals surface area contributed by atoms with Crippen molar-refractivity contribution >= 4 is 5.91 Å². The highest BCUT2D eigenvalue weighted by Crippen LogP contribution is 2.25. The SMILES string of the molecule is Cc1cc(C(=O)NC2CCNC2)c(C)n1C(C)c1ccccc1. The smallest absolute Gasteiger partial charge is 0.253 e. The summed E-state index contributed by atoms with van der Waals surface area (Å²) >= 11 is 0. The average molecular weight is 311 g/mol. The van der Waals surface area contributed by atoms with Gasteiger partial charge in [-0.1, -0.05) is 30.3 Å². The Bertz CT molecular complexity index is 684. The van der Waals surface area contributed by atoms with Gasteiger partial charge in [-0.15, -0.1) is 0 Å². The van der Waals surface area contributed by atoms with E-state index < -0.39 is 0 Å². The molecule has 1 fully saturated rings. The normalized spacial score (nSPS) is 18.8. The van der Waals surface area contributed by atoms with E-state index in [2.05, 4.69) is 53.3 Å². The number of benzene rings is 1. The van der Waals surface area contributed by atoms with Gasteiger partial charge in [-0.3, -0.25) is 4.79 Å². The predicted octanol–water partition coefficient (Wildman–Crippen LogP) is 2.81. The highest BCUT2D eigenvalue weighted by atomic mass is 16.1. The van der Waals surface area contributed by atoms with Gasteiger partial charge in [0.25, 0.3) is 5.91 Å². The second-order valence-corrected chi connectivity index (χ2v) is 6.40. The molecule has 1 aliphatic rings. The van der Waals surface area contributed by atoms with Crippen LogP contribution in [0.2, 0.25) is 0 Å². The van der Waals surface area contributed by atoms with E-state index in [9.17, 15) is 4.79 Å². The first-order valence-corrected chi connectivity index (χ1v) is 8.33. The molecule has 2 heterocycles. The zero-order valence-electron chi connectivity index (χ0n) is 14.1. The number of hydrogen-bond acceptors (Lipinski definition) is 2. The number of amides is 1. The van der Waals surface area contributed by atoms with Crippen molar-refractivity contribution in [3.05, 3.63) is 58.9 Å². The quantitative estimate of drug-likeness (QED) is 0.912. The summed E-state index contributed by atoms with van der Waals surface area (Å²) in [6.07, 6.45) is 1.00. The number of hydrogen-bond donors (Lipinski definition) is 2. The molecular formula is C19H25N3O. The zero-order chi connectivity index (χ0) is 16.4.